The third kappa shape index (κ3) is 5.54. The van der Waals surface area contributed by atoms with Gasteiger partial charge in [0.2, 0.25) is 5.95 Å². The highest BCUT2D eigenvalue weighted by Crippen LogP contribution is 2.38. The van der Waals surface area contributed by atoms with Crippen LogP contribution in [0.3, 0.4) is 0 Å². The Kier molecular flexibility index (Phi) is 8.12. The van der Waals surface area contributed by atoms with Gasteiger partial charge in [0.1, 0.15) is 23.7 Å². The first kappa shape index (κ1) is 26.5. The van der Waals surface area contributed by atoms with Crippen LogP contribution in [0.25, 0.3) is 10.9 Å². The average molecular weight is 528 g/mol. The summed E-state index contributed by atoms with van der Waals surface area (Å²) in [6.07, 6.45) is 2.55. The Morgan fingerprint density at radius 1 is 0.868 bits per heavy atom. The van der Waals surface area contributed by atoms with Gasteiger partial charge < -0.3 is 29.6 Å². The number of methoxy groups -OCH3 is 2. The van der Waals surface area contributed by atoms with Crippen LogP contribution in [0, 0.1) is 17.6 Å². The van der Waals surface area contributed by atoms with Gasteiger partial charge in [-0.1, -0.05) is 0 Å². The number of likely N-dealkylation sites (N-methyl/N-ethyl adjacent to an activating group) is 1. The van der Waals surface area contributed by atoms with E-state index < -0.39 is 40.5 Å². The maximum Gasteiger partial charge on any atom is 0.264 e. The van der Waals surface area contributed by atoms with E-state index in [1.807, 2.05) is 0 Å². The number of benzene rings is 2. The van der Waals surface area contributed by atoms with E-state index in [2.05, 4.69) is 20.6 Å². The summed E-state index contributed by atoms with van der Waals surface area (Å²) in [7, 11) is 4.50. The normalized spacial score (nSPS) is 10.8. The number of ether oxygens (including phenoxy) is 4. The maximum atomic E-state index is 15.0. The van der Waals surface area contributed by atoms with Crippen LogP contribution in [0.4, 0.5) is 18.9 Å². The zero-order valence-electron chi connectivity index (χ0n) is 20.6. The molecule has 0 aliphatic rings. The van der Waals surface area contributed by atoms with Gasteiger partial charge in [0.25, 0.3) is 5.91 Å². The molecule has 2 N–H and O–H groups in total. The van der Waals surface area contributed by atoms with Gasteiger partial charge in [0, 0.05) is 42.5 Å². The number of hydrogen-bond donors (Lipinski definition) is 2. The molecule has 0 fully saturated rings. The molecule has 2 aromatic heterocycles. The number of amides is 1. The van der Waals surface area contributed by atoms with Gasteiger partial charge in [-0.2, -0.15) is 4.39 Å². The molecule has 0 unspecified atom stereocenters. The molecule has 38 heavy (non-hydrogen) atoms. The second kappa shape index (κ2) is 11.6. The van der Waals surface area contributed by atoms with Crippen molar-refractivity contribution in [1.29, 1.82) is 0 Å². The number of rotatable bonds is 10. The first-order valence-corrected chi connectivity index (χ1v) is 11.3. The summed E-state index contributed by atoms with van der Waals surface area (Å²) in [5.41, 5.74) is -0.614. The summed E-state index contributed by atoms with van der Waals surface area (Å²) in [6, 6.07) is 7.50. The predicted molar refractivity (Wildman–Crippen MR) is 133 cm³/mol. The van der Waals surface area contributed by atoms with Crippen molar-refractivity contribution >= 4 is 22.5 Å². The monoisotopic (exact) mass is 528 g/mol. The summed E-state index contributed by atoms with van der Waals surface area (Å²) in [4.78, 5) is 20.2. The Bertz CT molecular complexity index is 1490. The van der Waals surface area contributed by atoms with E-state index in [1.165, 1.54) is 32.5 Å². The van der Waals surface area contributed by atoms with Gasteiger partial charge >= 0.3 is 0 Å². The quantitative estimate of drug-likeness (QED) is 0.225. The van der Waals surface area contributed by atoms with Gasteiger partial charge in [-0.3, -0.25) is 9.78 Å². The lowest BCUT2D eigenvalue weighted by Crippen LogP contribution is -2.17. The molecule has 198 valence electrons. The molecule has 0 saturated carbocycles. The molecular formula is C26H23F3N4O5. The summed E-state index contributed by atoms with van der Waals surface area (Å²) in [5, 5.41) is 5.56. The van der Waals surface area contributed by atoms with Crippen molar-refractivity contribution in [3.8, 4) is 28.7 Å². The molecule has 0 aliphatic heterocycles. The Morgan fingerprint density at radius 3 is 2.34 bits per heavy atom. The molecule has 1 amide bonds. The Hall–Kier alpha value is -4.58. The van der Waals surface area contributed by atoms with E-state index in [9.17, 15) is 18.0 Å². The highest BCUT2D eigenvalue weighted by Gasteiger charge is 2.22. The second-order valence-corrected chi connectivity index (χ2v) is 7.78. The van der Waals surface area contributed by atoms with E-state index in [0.717, 1.165) is 18.3 Å². The van der Waals surface area contributed by atoms with Crippen molar-refractivity contribution < 1.29 is 36.9 Å². The number of fused-ring (bicyclic) bond motifs is 1. The summed E-state index contributed by atoms with van der Waals surface area (Å²) in [5.74, 6) is -3.74. The van der Waals surface area contributed by atoms with Gasteiger partial charge in [-0.25, -0.2) is 13.8 Å². The van der Waals surface area contributed by atoms with Gasteiger partial charge in [-0.05, 0) is 25.2 Å². The minimum absolute atomic E-state index is 0.119. The first-order valence-electron chi connectivity index (χ1n) is 11.3. The van der Waals surface area contributed by atoms with Crippen LogP contribution < -0.4 is 29.6 Å². The van der Waals surface area contributed by atoms with Gasteiger partial charge in [0.05, 0.1) is 25.4 Å². The van der Waals surface area contributed by atoms with E-state index in [4.69, 9.17) is 18.9 Å². The average Bonchev–Trinajstić information content (AvgIpc) is 2.91. The minimum Gasteiger partial charge on any atom is -0.496 e. The molecule has 0 spiro atoms. The third-order valence-electron chi connectivity index (χ3n) is 5.40. The van der Waals surface area contributed by atoms with Crippen LogP contribution in [-0.2, 0) is 0 Å². The molecule has 0 atom stereocenters. The van der Waals surface area contributed by atoms with E-state index in [1.54, 1.807) is 19.2 Å². The zero-order chi connectivity index (χ0) is 27.2. The molecule has 0 aliphatic carbocycles. The smallest absolute Gasteiger partial charge is 0.264 e. The molecule has 0 radical (unpaired) electrons. The number of carbonyl (C=O) groups excluding carboxylic acids is 1. The van der Waals surface area contributed by atoms with Crippen molar-refractivity contribution in [1.82, 2.24) is 15.3 Å². The molecule has 2 aromatic carbocycles. The largest absolute Gasteiger partial charge is 0.496 e. The lowest BCUT2D eigenvalue weighted by Gasteiger charge is -2.15. The van der Waals surface area contributed by atoms with Crippen molar-refractivity contribution in [3.05, 3.63) is 71.9 Å². The molecule has 0 saturated heterocycles. The summed E-state index contributed by atoms with van der Waals surface area (Å²) < 4.78 is 65.7. The molecular weight excluding hydrogens is 505 g/mol. The number of pyridine rings is 2. The lowest BCUT2D eigenvalue weighted by molar-refractivity contribution is 0.101. The van der Waals surface area contributed by atoms with E-state index in [0.29, 0.717) is 35.6 Å². The fourth-order valence-corrected chi connectivity index (χ4v) is 3.55. The number of anilines is 1. The Morgan fingerprint density at radius 2 is 1.61 bits per heavy atom. The molecule has 0 bridgehead atoms. The number of hydrogen-bond acceptors (Lipinski definition) is 8. The van der Waals surface area contributed by atoms with E-state index >= 15 is 0 Å². The maximum absolute atomic E-state index is 15.0. The molecule has 9 nitrogen and oxygen atoms in total. The topological polar surface area (TPSA) is 104 Å². The third-order valence-corrected chi connectivity index (χ3v) is 5.40. The number of nitrogens with one attached hydrogen (secondary N) is 2. The standard InChI is InChI=1S/C26H23F3N4O5/c1-30-8-9-37-23-13-17-14(10-22(23)36-3)19(4-6-31-17)38-21-12-15(27)18(11-16(21)28)33-26(34)24-20(35-2)5-7-32-25(24)29/h4-7,10-13,30H,8-9H2,1-3H3,(H,33,34). The van der Waals surface area contributed by atoms with Crippen molar-refractivity contribution in [2.45, 2.75) is 0 Å². The first-order chi connectivity index (χ1) is 18.4. The number of carbonyl (C=O) groups is 1. The Balaban J connectivity index is 1.62. The van der Waals surface area contributed by atoms with Crippen LogP contribution in [0.15, 0.2) is 48.8 Å². The highest BCUT2D eigenvalue weighted by atomic mass is 19.1. The van der Waals surface area contributed by atoms with Crippen LogP contribution in [0.2, 0.25) is 0 Å². The molecule has 12 heteroatoms. The number of aromatic nitrogens is 2. The van der Waals surface area contributed by atoms with Crippen LogP contribution >= 0.6 is 0 Å². The molecule has 2 heterocycles. The van der Waals surface area contributed by atoms with E-state index in [-0.39, 0.29) is 11.5 Å². The van der Waals surface area contributed by atoms with Crippen LogP contribution in [0.5, 0.6) is 28.7 Å². The van der Waals surface area contributed by atoms with Gasteiger partial charge in [0.15, 0.2) is 28.9 Å². The predicted octanol–water partition coefficient (Wildman–Crippen LogP) is 4.71. The van der Waals surface area contributed by atoms with Crippen molar-refractivity contribution in [2.24, 2.45) is 0 Å². The fraction of sp³-hybridized carbons (Fsp3) is 0.192. The molecule has 4 aromatic rings. The number of nitrogens with zero attached hydrogens (tertiary/aromatic N) is 2. The van der Waals surface area contributed by atoms with Crippen LogP contribution in [0.1, 0.15) is 10.4 Å². The minimum atomic E-state index is -1.13. The summed E-state index contributed by atoms with van der Waals surface area (Å²) in [6.45, 7) is 1.01. The Labute approximate surface area is 215 Å². The highest BCUT2D eigenvalue weighted by molar-refractivity contribution is 6.06. The van der Waals surface area contributed by atoms with Crippen molar-refractivity contribution in [2.75, 3.05) is 39.7 Å². The zero-order valence-corrected chi connectivity index (χ0v) is 20.6. The molecule has 4 rings (SSSR count). The van der Waals surface area contributed by atoms with Gasteiger partial charge in [-0.15, -0.1) is 0 Å². The van der Waals surface area contributed by atoms with Crippen LogP contribution in [-0.4, -0.2) is 50.3 Å². The fourth-order valence-electron chi connectivity index (χ4n) is 3.55. The second-order valence-electron chi connectivity index (χ2n) is 7.78. The number of halogens is 3. The van der Waals surface area contributed by atoms with Crippen molar-refractivity contribution in [3.63, 3.8) is 0 Å². The lowest BCUT2D eigenvalue weighted by atomic mass is 10.1. The summed E-state index contributed by atoms with van der Waals surface area (Å²) >= 11 is 0. The SMILES string of the molecule is CNCCOc1cc2nccc(Oc3cc(F)c(NC(=O)c4c(OC)ccnc4F)cc3F)c2cc1OC.